The molecule has 0 aliphatic carbocycles. The molecular formula is C8H13N5O4. The van der Waals surface area contributed by atoms with E-state index in [2.05, 4.69) is 15.6 Å². The second-order valence-electron chi connectivity index (χ2n) is 3.22. The molecule has 1 heterocycles. The van der Waals surface area contributed by atoms with Gasteiger partial charge in [0.05, 0.1) is 19.3 Å². The van der Waals surface area contributed by atoms with Crippen LogP contribution in [-0.2, 0) is 11.3 Å². The fourth-order valence-corrected chi connectivity index (χ4v) is 1.01. The molecule has 1 amide bonds. The maximum Gasteiger partial charge on any atom is 0.334 e. The minimum absolute atomic E-state index is 0.0380. The molecule has 0 radical (unpaired) electrons. The van der Waals surface area contributed by atoms with E-state index in [1.807, 2.05) is 0 Å². The second kappa shape index (κ2) is 5.92. The normalized spacial score (nSPS) is 12.1. The molecule has 0 saturated carbocycles. The van der Waals surface area contributed by atoms with Gasteiger partial charge in [0.25, 0.3) is 5.91 Å². The molecule has 1 atom stereocenters. The van der Waals surface area contributed by atoms with Crippen molar-refractivity contribution in [1.29, 1.82) is 0 Å². The Bertz CT molecular complexity index is 404. The molecule has 0 aliphatic heterocycles. The van der Waals surface area contributed by atoms with Crippen LogP contribution in [0, 0.1) is 0 Å². The highest BCUT2D eigenvalue weighted by atomic mass is 16.4. The summed E-state index contributed by atoms with van der Waals surface area (Å²) in [6, 6.07) is 0. The first kappa shape index (κ1) is 13.1. The Balaban J connectivity index is 2.49. The highest BCUT2D eigenvalue weighted by molar-refractivity contribution is 5.92. The topological polar surface area (TPSA) is 143 Å². The predicted octanol–water partition coefficient (Wildman–Crippen LogP) is -2.59. The zero-order valence-corrected chi connectivity index (χ0v) is 8.91. The Morgan fingerprint density at radius 1 is 1.59 bits per heavy atom. The van der Waals surface area contributed by atoms with E-state index in [-0.39, 0.29) is 5.69 Å². The summed E-state index contributed by atoms with van der Waals surface area (Å²) in [5.74, 6) is -2.01. The zero-order chi connectivity index (χ0) is 12.8. The molecule has 0 unspecified atom stereocenters. The summed E-state index contributed by atoms with van der Waals surface area (Å²) in [4.78, 5) is 21.7. The lowest BCUT2D eigenvalue weighted by molar-refractivity contribution is -0.146. The van der Waals surface area contributed by atoms with Crippen LogP contribution in [0.4, 0.5) is 0 Å². The number of carboxylic acid groups (broad SMARTS) is 1. The molecular weight excluding hydrogens is 230 g/mol. The van der Waals surface area contributed by atoms with Crippen LogP contribution in [0.2, 0.25) is 0 Å². The number of nitrogens with one attached hydrogen (secondary N) is 1. The van der Waals surface area contributed by atoms with Gasteiger partial charge in [0.15, 0.2) is 11.8 Å². The average Bonchev–Trinajstić information content (AvgIpc) is 2.74. The second-order valence-corrected chi connectivity index (χ2v) is 3.22. The third kappa shape index (κ3) is 3.81. The number of rotatable bonds is 6. The smallest absolute Gasteiger partial charge is 0.334 e. The number of carboxylic acids is 1. The Morgan fingerprint density at radius 3 is 2.88 bits per heavy atom. The van der Waals surface area contributed by atoms with Gasteiger partial charge in [-0.1, -0.05) is 5.21 Å². The minimum Gasteiger partial charge on any atom is -0.479 e. The largest absolute Gasteiger partial charge is 0.479 e. The summed E-state index contributed by atoms with van der Waals surface area (Å²) in [5, 5.41) is 26.8. The molecule has 94 valence electrons. The quantitative estimate of drug-likeness (QED) is 0.429. The van der Waals surface area contributed by atoms with Gasteiger partial charge >= 0.3 is 5.97 Å². The molecule has 5 N–H and O–H groups in total. The Labute approximate surface area is 96.2 Å². The van der Waals surface area contributed by atoms with Crippen molar-refractivity contribution in [2.75, 3.05) is 13.1 Å². The van der Waals surface area contributed by atoms with Crippen molar-refractivity contribution in [3.05, 3.63) is 11.9 Å². The molecule has 9 nitrogen and oxygen atoms in total. The lowest BCUT2D eigenvalue weighted by atomic mass is 10.3. The highest BCUT2D eigenvalue weighted by Crippen LogP contribution is 1.93. The first-order chi connectivity index (χ1) is 8.04. The van der Waals surface area contributed by atoms with Crippen molar-refractivity contribution in [3.63, 3.8) is 0 Å². The predicted molar refractivity (Wildman–Crippen MR) is 55.1 cm³/mol. The number of carbonyl (C=O) groups excluding carboxylic acids is 1. The third-order valence-corrected chi connectivity index (χ3v) is 1.87. The summed E-state index contributed by atoms with van der Waals surface area (Å²) >= 11 is 0. The van der Waals surface area contributed by atoms with Crippen molar-refractivity contribution in [2.45, 2.75) is 12.6 Å². The Kier molecular flexibility index (Phi) is 4.55. The first-order valence-corrected chi connectivity index (χ1v) is 4.84. The number of aliphatic hydroxyl groups excluding tert-OH is 1. The van der Waals surface area contributed by atoms with Gasteiger partial charge in [0, 0.05) is 6.54 Å². The summed E-state index contributed by atoms with van der Waals surface area (Å²) < 4.78 is 1.39. The molecule has 0 bridgehead atoms. The van der Waals surface area contributed by atoms with Crippen LogP contribution in [0.3, 0.4) is 0 Å². The molecule has 1 rings (SSSR count). The molecule has 0 spiro atoms. The van der Waals surface area contributed by atoms with E-state index >= 15 is 0 Å². The lowest BCUT2D eigenvalue weighted by Crippen LogP contribution is -2.36. The van der Waals surface area contributed by atoms with Crippen molar-refractivity contribution in [2.24, 2.45) is 5.73 Å². The average molecular weight is 243 g/mol. The standard InChI is InChI=1S/C8H13N5O4/c9-1-2-13-4-5(11-12-13)7(15)10-3-6(14)8(16)17/h4,6,14H,1-3,9H2,(H,10,15)(H,16,17)/t6-/m0/s1. The highest BCUT2D eigenvalue weighted by Gasteiger charge is 2.16. The van der Waals surface area contributed by atoms with Crippen LogP contribution in [0.15, 0.2) is 6.20 Å². The van der Waals surface area contributed by atoms with Crippen molar-refractivity contribution in [3.8, 4) is 0 Å². The van der Waals surface area contributed by atoms with Gasteiger partial charge in [0.1, 0.15) is 0 Å². The summed E-state index contributed by atoms with van der Waals surface area (Å²) in [6.07, 6.45) is -0.256. The molecule has 1 aromatic heterocycles. The minimum atomic E-state index is -1.64. The van der Waals surface area contributed by atoms with E-state index in [1.54, 1.807) is 0 Å². The summed E-state index contributed by atoms with van der Waals surface area (Å²) in [6.45, 7) is 0.401. The maximum atomic E-state index is 11.4. The van der Waals surface area contributed by atoms with Gasteiger partial charge < -0.3 is 21.3 Å². The van der Waals surface area contributed by atoms with Gasteiger partial charge in [0.2, 0.25) is 0 Å². The van der Waals surface area contributed by atoms with Crippen LogP contribution in [0.1, 0.15) is 10.5 Å². The number of nitrogens with two attached hydrogens (primary N) is 1. The number of hydrogen-bond donors (Lipinski definition) is 4. The van der Waals surface area contributed by atoms with Crippen LogP contribution in [0.25, 0.3) is 0 Å². The number of nitrogens with zero attached hydrogens (tertiary/aromatic N) is 3. The van der Waals surface area contributed by atoms with Crippen molar-refractivity contribution >= 4 is 11.9 Å². The van der Waals surface area contributed by atoms with E-state index < -0.39 is 24.5 Å². The van der Waals surface area contributed by atoms with Crippen LogP contribution >= 0.6 is 0 Å². The van der Waals surface area contributed by atoms with Gasteiger partial charge in [-0.05, 0) is 0 Å². The molecule has 0 saturated heterocycles. The van der Waals surface area contributed by atoms with Crippen LogP contribution < -0.4 is 11.1 Å². The first-order valence-electron chi connectivity index (χ1n) is 4.84. The van der Waals surface area contributed by atoms with E-state index in [4.69, 9.17) is 15.9 Å². The molecule has 9 heteroatoms. The van der Waals surface area contributed by atoms with Crippen LogP contribution in [0.5, 0.6) is 0 Å². The summed E-state index contributed by atoms with van der Waals surface area (Å²) in [5.41, 5.74) is 5.33. The number of aliphatic hydroxyl groups is 1. The fraction of sp³-hybridized carbons (Fsp3) is 0.500. The third-order valence-electron chi connectivity index (χ3n) is 1.87. The van der Waals surface area contributed by atoms with Crippen LogP contribution in [-0.4, -0.2) is 56.3 Å². The molecule has 0 aromatic carbocycles. The zero-order valence-electron chi connectivity index (χ0n) is 8.91. The van der Waals surface area contributed by atoms with E-state index in [9.17, 15) is 9.59 Å². The SMILES string of the molecule is NCCn1cc(C(=O)NC[C@H](O)C(=O)O)nn1. The Morgan fingerprint density at radius 2 is 2.29 bits per heavy atom. The molecule has 1 aromatic rings. The van der Waals surface area contributed by atoms with Gasteiger partial charge in [-0.15, -0.1) is 5.10 Å². The van der Waals surface area contributed by atoms with Gasteiger partial charge in [-0.3, -0.25) is 9.48 Å². The number of carbonyl (C=O) groups is 2. The number of hydrogen-bond acceptors (Lipinski definition) is 6. The maximum absolute atomic E-state index is 11.4. The van der Waals surface area contributed by atoms with E-state index in [1.165, 1.54) is 10.9 Å². The summed E-state index contributed by atoms with van der Waals surface area (Å²) in [7, 11) is 0. The number of aromatic nitrogens is 3. The van der Waals surface area contributed by atoms with E-state index in [0.29, 0.717) is 13.1 Å². The van der Waals surface area contributed by atoms with E-state index in [0.717, 1.165) is 0 Å². The molecule has 17 heavy (non-hydrogen) atoms. The number of aliphatic carboxylic acids is 1. The van der Waals surface area contributed by atoms with Crippen molar-refractivity contribution < 1.29 is 19.8 Å². The molecule has 0 aliphatic rings. The Hall–Kier alpha value is -2.00. The van der Waals surface area contributed by atoms with Crippen molar-refractivity contribution in [1.82, 2.24) is 20.3 Å². The monoisotopic (exact) mass is 243 g/mol. The number of amides is 1. The lowest BCUT2D eigenvalue weighted by Gasteiger charge is -2.05. The molecule has 0 fully saturated rings. The van der Waals surface area contributed by atoms with Gasteiger partial charge in [-0.25, -0.2) is 4.79 Å². The fourth-order valence-electron chi connectivity index (χ4n) is 1.01. The van der Waals surface area contributed by atoms with Gasteiger partial charge in [-0.2, -0.15) is 0 Å².